The Morgan fingerprint density at radius 2 is 2.39 bits per heavy atom. The van der Waals surface area contributed by atoms with Crippen LogP contribution in [0, 0.1) is 0 Å². The van der Waals surface area contributed by atoms with Gasteiger partial charge in [0.15, 0.2) is 0 Å². The normalized spacial score (nSPS) is 10.6. The summed E-state index contributed by atoms with van der Waals surface area (Å²) < 4.78 is 1.82. The molecule has 96 valence electrons. The number of nitrogens with one attached hydrogen (secondary N) is 1. The molecule has 2 aromatic heterocycles. The molecule has 0 aromatic carbocycles. The number of aromatic amines is 1. The third-order valence-corrected chi connectivity index (χ3v) is 2.86. The maximum Gasteiger partial charge on any atom is 0.273 e. The molecule has 0 bridgehead atoms. The van der Waals surface area contributed by atoms with E-state index in [9.17, 15) is 4.79 Å². The summed E-state index contributed by atoms with van der Waals surface area (Å²) in [6, 6.07) is 1.89. The molecule has 2 rings (SSSR count). The van der Waals surface area contributed by atoms with Crippen molar-refractivity contribution >= 4 is 17.5 Å². The smallest absolute Gasteiger partial charge is 0.273 e. The van der Waals surface area contributed by atoms with Gasteiger partial charge in [0, 0.05) is 19.8 Å². The monoisotopic (exact) mass is 267 g/mol. The maximum atomic E-state index is 12.0. The largest absolute Gasteiger partial charge is 0.334 e. The Bertz CT molecular complexity index is 547. The van der Waals surface area contributed by atoms with Crippen LogP contribution in [0.3, 0.4) is 0 Å². The predicted molar refractivity (Wildman–Crippen MR) is 67.3 cm³/mol. The van der Waals surface area contributed by atoms with Gasteiger partial charge in [-0.05, 0) is 13.0 Å². The third-order valence-electron chi connectivity index (χ3n) is 2.57. The summed E-state index contributed by atoms with van der Waals surface area (Å²) in [7, 11) is 1.70. The van der Waals surface area contributed by atoms with Crippen molar-refractivity contribution in [3.8, 4) is 0 Å². The van der Waals surface area contributed by atoms with Gasteiger partial charge in [0.05, 0.1) is 23.5 Å². The van der Waals surface area contributed by atoms with Crippen molar-refractivity contribution in [2.45, 2.75) is 20.0 Å². The molecular formula is C11H14ClN5O. The lowest BCUT2D eigenvalue weighted by molar-refractivity contribution is 0.0777. The molecule has 1 amide bonds. The van der Waals surface area contributed by atoms with Crippen LogP contribution < -0.4 is 0 Å². The number of hydrogen-bond donors (Lipinski definition) is 1. The lowest BCUT2D eigenvalue weighted by atomic mass is 10.3. The van der Waals surface area contributed by atoms with Crippen molar-refractivity contribution in [1.29, 1.82) is 0 Å². The van der Waals surface area contributed by atoms with Crippen molar-refractivity contribution in [2.75, 3.05) is 7.05 Å². The summed E-state index contributed by atoms with van der Waals surface area (Å²) in [4.78, 5) is 13.6. The molecule has 1 N–H and O–H groups in total. The highest BCUT2D eigenvalue weighted by molar-refractivity contribution is 6.33. The lowest BCUT2D eigenvalue weighted by Gasteiger charge is -2.14. The first-order valence-corrected chi connectivity index (χ1v) is 5.96. The molecule has 0 atom stereocenters. The van der Waals surface area contributed by atoms with Gasteiger partial charge < -0.3 is 4.90 Å². The van der Waals surface area contributed by atoms with Gasteiger partial charge in [0.1, 0.15) is 5.69 Å². The maximum absolute atomic E-state index is 12.0. The molecule has 0 unspecified atom stereocenters. The molecule has 0 radical (unpaired) electrons. The molecule has 2 heterocycles. The van der Waals surface area contributed by atoms with Crippen molar-refractivity contribution in [2.24, 2.45) is 0 Å². The van der Waals surface area contributed by atoms with Gasteiger partial charge in [-0.15, -0.1) is 0 Å². The Kier molecular flexibility index (Phi) is 3.66. The first kappa shape index (κ1) is 12.6. The summed E-state index contributed by atoms with van der Waals surface area (Å²) in [5.74, 6) is -0.205. The van der Waals surface area contributed by atoms with Gasteiger partial charge in [-0.3, -0.25) is 14.6 Å². The second-order valence-corrected chi connectivity index (χ2v) is 4.32. The first-order valence-electron chi connectivity index (χ1n) is 5.58. The second kappa shape index (κ2) is 5.22. The van der Waals surface area contributed by atoms with Crippen LogP contribution in [-0.4, -0.2) is 37.8 Å². The Labute approximate surface area is 110 Å². The molecule has 2 aromatic rings. The molecule has 0 fully saturated rings. The average Bonchev–Trinajstić information content (AvgIpc) is 2.97. The van der Waals surface area contributed by atoms with E-state index in [2.05, 4.69) is 15.3 Å². The Balaban J connectivity index is 2.06. The summed E-state index contributed by atoms with van der Waals surface area (Å²) in [5, 5.41) is 11.0. The summed E-state index contributed by atoms with van der Waals surface area (Å²) in [6.45, 7) is 3.25. The van der Waals surface area contributed by atoms with E-state index in [0.717, 1.165) is 12.2 Å². The van der Waals surface area contributed by atoms with E-state index < -0.39 is 0 Å². The van der Waals surface area contributed by atoms with Crippen molar-refractivity contribution < 1.29 is 4.79 Å². The minimum atomic E-state index is -0.205. The van der Waals surface area contributed by atoms with Crippen LogP contribution in [0.15, 0.2) is 18.5 Å². The minimum Gasteiger partial charge on any atom is -0.334 e. The fraction of sp³-hybridized carbons (Fsp3) is 0.364. The van der Waals surface area contributed by atoms with E-state index in [1.54, 1.807) is 11.9 Å². The van der Waals surface area contributed by atoms with Crippen LogP contribution in [0.1, 0.15) is 23.1 Å². The third kappa shape index (κ3) is 2.53. The molecular weight excluding hydrogens is 254 g/mol. The predicted octanol–water partition coefficient (Wildman–Crippen LogP) is 1.55. The molecule has 0 aliphatic heterocycles. The lowest BCUT2D eigenvalue weighted by Crippen LogP contribution is -2.27. The average molecular weight is 268 g/mol. The van der Waals surface area contributed by atoms with Crippen molar-refractivity contribution in [3.05, 3.63) is 34.9 Å². The van der Waals surface area contributed by atoms with Crippen LogP contribution in [0.4, 0.5) is 0 Å². The number of aromatic nitrogens is 4. The van der Waals surface area contributed by atoms with Crippen LogP contribution in [0.25, 0.3) is 0 Å². The zero-order valence-corrected chi connectivity index (χ0v) is 11.0. The number of hydrogen-bond acceptors (Lipinski definition) is 3. The quantitative estimate of drug-likeness (QED) is 0.914. The van der Waals surface area contributed by atoms with Crippen LogP contribution in [0.5, 0.6) is 0 Å². The number of carbonyl (C=O) groups excluding carboxylic acids is 1. The molecule has 0 aliphatic rings. The van der Waals surface area contributed by atoms with Gasteiger partial charge in [-0.1, -0.05) is 11.6 Å². The van der Waals surface area contributed by atoms with Crippen LogP contribution in [0.2, 0.25) is 5.02 Å². The molecule has 0 aliphatic carbocycles. The first-order chi connectivity index (χ1) is 8.61. The number of carbonyl (C=O) groups is 1. The SMILES string of the molecule is CCn1ccc(CN(C)C(=O)c2[nH]ncc2Cl)n1. The molecule has 7 heteroatoms. The Hall–Kier alpha value is -1.82. The molecule has 0 saturated heterocycles. The van der Waals surface area contributed by atoms with Crippen LogP contribution in [-0.2, 0) is 13.1 Å². The zero-order valence-electron chi connectivity index (χ0n) is 10.2. The number of rotatable bonds is 4. The number of H-pyrrole nitrogens is 1. The number of aryl methyl sites for hydroxylation is 1. The Morgan fingerprint density at radius 3 is 2.94 bits per heavy atom. The highest BCUT2D eigenvalue weighted by Crippen LogP contribution is 2.14. The van der Waals surface area contributed by atoms with E-state index >= 15 is 0 Å². The van der Waals surface area contributed by atoms with Crippen molar-refractivity contribution in [1.82, 2.24) is 24.9 Å². The Morgan fingerprint density at radius 1 is 1.61 bits per heavy atom. The molecule has 0 spiro atoms. The number of nitrogens with zero attached hydrogens (tertiary/aromatic N) is 4. The van der Waals surface area contributed by atoms with E-state index in [4.69, 9.17) is 11.6 Å². The highest BCUT2D eigenvalue weighted by atomic mass is 35.5. The fourth-order valence-corrected chi connectivity index (χ4v) is 1.76. The standard InChI is InChI=1S/C11H14ClN5O/c1-3-17-5-4-8(15-17)7-16(2)11(18)10-9(12)6-13-14-10/h4-6H,3,7H2,1-2H3,(H,13,14). The van der Waals surface area contributed by atoms with E-state index in [1.807, 2.05) is 23.9 Å². The van der Waals surface area contributed by atoms with Gasteiger partial charge in [0.2, 0.25) is 0 Å². The van der Waals surface area contributed by atoms with Crippen molar-refractivity contribution in [3.63, 3.8) is 0 Å². The molecule has 0 saturated carbocycles. The summed E-state index contributed by atoms with van der Waals surface area (Å²) >= 11 is 5.85. The number of amides is 1. The highest BCUT2D eigenvalue weighted by Gasteiger charge is 2.17. The summed E-state index contributed by atoms with van der Waals surface area (Å²) in [5.41, 5.74) is 1.14. The molecule has 18 heavy (non-hydrogen) atoms. The van der Waals surface area contributed by atoms with Crippen LogP contribution >= 0.6 is 11.6 Å². The number of halogens is 1. The second-order valence-electron chi connectivity index (χ2n) is 3.92. The fourth-order valence-electron chi connectivity index (χ4n) is 1.59. The van der Waals surface area contributed by atoms with Gasteiger partial charge in [-0.25, -0.2) is 0 Å². The van der Waals surface area contributed by atoms with E-state index in [1.165, 1.54) is 6.20 Å². The topological polar surface area (TPSA) is 66.8 Å². The van der Waals surface area contributed by atoms with E-state index in [-0.39, 0.29) is 5.91 Å². The van der Waals surface area contributed by atoms with Gasteiger partial charge in [-0.2, -0.15) is 10.2 Å². The molecule has 6 nitrogen and oxygen atoms in total. The van der Waals surface area contributed by atoms with E-state index in [0.29, 0.717) is 17.3 Å². The van der Waals surface area contributed by atoms with Gasteiger partial charge >= 0.3 is 0 Å². The summed E-state index contributed by atoms with van der Waals surface area (Å²) in [6.07, 6.45) is 3.30. The zero-order chi connectivity index (χ0) is 13.1. The van der Waals surface area contributed by atoms with Gasteiger partial charge in [0.25, 0.3) is 5.91 Å². The minimum absolute atomic E-state index is 0.205.